The van der Waals surface area contributed by atoms with Gasteiger partial charge in [0.25, 0.3) is 0 Å². The summed E-state index contributed by atoms with van der Waals surface area (Å²) in [5, 5.41) is 28.4. The van der Waals surface area contributed by atoms with Crippen LogP contribution in [0.4, 0.5) is 22.7 Å². The molecule has 208 valence electrons. The number of anilines is 4. The number of ether oxygens (including phenoxy) is 2. The minimum Gasteiger partial charge on any atom is -0.396 e. The van der Waals surface area contributed by atoms with Gasteiger partial charge in [0.1, 0.15) is 0 Å². The molecular formula is C28H32N8O2S2. The Morgan fingerprint density at radius 3 is 1.60 bits per heavy atom. The second kappa shape index (κ2) is 13.1. The molecule has 4 aromatic rings. The highest BCUT2D eigenvalue weighted by atomic mass is 32.1. The fourth-order valence-corrected chi connectivity index (χ4v) is 6.66. The maximum absolute atomic E-state index is 8.68. The van der Waals surface area contributed by atoms with Gasteiger partial charge in [-0.25, -0.2) is 0 Å². The molecule has 2 aliphatic rings. The lowest BCUT2D eigenvalue weighted by Gasteiger charge is -2.29. The second-order valence-corrected chi connectivity index (χ2v) is 11.8. The molecule has 0 saturated carbocycles. The first kappa shape index (κ1) is 27.9. The van der Waals surface area contributed by atoms with Crippen molar-refractivity contribution in [3.8, 4) is 12.1 Å². The highest BCUT2D eigenvalue weighted by Gasteiger charge is 2.24. The van der Waals surface area contributed by atoms with Gasteiger partial charge in [-0.1, -0.05) is 0 Å². The number of nitrogens with two attached hydrogens (primary N) is 2. The van der Waals surface area contributed by atoms with Crippen LogP contribution in [0.5, 0.6) is 0 Å². The first-order chi connectivity index (χ1) is 19.6. The van der Waals surface area contributed by atoms with Gasteiger partial charge in [0, 0.05) is 12.1 Å². The average molecular weight is 577 g/mol. The smallest absolute Gasteiger partial charge is 0.0832 e. The summed E-state index contributed by atoms with van der Waals surface area (Å²) < 4.78 is 13.6. The molecule has 6 N–H and O–H groups in total. The first-order valence-corrected chi connectivity index (χ1v) is 15.0. The van der Waals surface area contributed by atoms with E-state index in [4.69, 9.17) is 31.5 Å². The standard InChI is InChI=1S/2C14H16N4OS/c2*15-5-3-10-2-1-9(8-19-10)18-13-11(16)7-17-12-4-6-20-14(12)13/h2*4,6-7,9-10H,1-3,8,16H2,(H,17,18)/t9-,10+;9-,10-/m00/s1. The van der Waals surface area contributed by atoms with E-state index in [1.165, 1.54) is 0 Å². The van der Waals surface area contributed by atoms with Gasteiger partial charge >= 0.3 is 0 Å². The van der Waals surface area contributed by atoms with Crippen LogP contribution >= 0.6 is 22.7 Å². The van der Waals surface area contributed by atoms with Crippen LogP contribution in [0.15, 0.2) is 35.3 Å². The molecule has 4 atom stereocenters. The van der Waals surface area contributed by atoms with Gasteiger partial charge in [0.15, 0.2) is 0 Å². The Hall–Kier alpha value is -3.68. The second-order valence-electron chi connectivity index (χ2n) is 9.92. The zero-order valence-electron chi connectivity index (χ0n) is 22.0. The van der Waals surface area contributed by atoms with E-state index >= 15 is 0 Å². The van der Waals surface area contributed by atoms with Crippen molar-refractivity contribution >= 4 is 65.9 Å². The van der Waals surface area contributed by atoms with Crippen molar-refractivity contribution in [2.45, 2.75) is 62.8 Å². The zero-order valence-corrected chi connectivity index (χ0v) is 23.6. The Morgan fingerprint density at radius 2 is 1.23 bits per heavy atom. The van der Waals surface area contributed by atoms with Gasteiger partial charge in [-0.3, -0.25) is 9.97 Å². The Kier molecular flexibility index (Phi) is 9.14. The predicted molar refractivity (Wildman–Crippen MR) is 161 cm³/mol. The molecule has 0 aromatic carbocycles. The first-order valence-electron chi connectivity index (χ1n) is 13.3. The van der Waals surface area contributed by atoms with Crippen molar-refractivity contribution < 1.29 is 9.47 Å². The van der Waals surface area contributed by atoms with Crippen molar-refractivity contribution in [3.63, 3.8) is 0 Å². The summed E-state index contributed by atoms with van der Waals surface area (Å²) in [6.45, 7) is 1.22. The normalized spacial score (nSPS) is 22.6. The van der Waals surface area contributed by atoms with Crippen molar-refractivity contribution in [1.82, 2.24) is 9.97 Å². The van der Waals surface area contributed by atoms with Gasteiger partial charge in [-0.15, -0.1) is 22.7 Å². The minimum absolute atomic E-state index is 0.0783. The SMILES string of the molecule is N#CC[C@@H]1CC[C@H](Nc2c(N)cnc3ccsc23)CO1.N#CC[C@H]1CC[C@H](Nc2c(N)cnc3ccsc23)CO1. The van der Waals surface area contributed by atoms with Crippen LogP contribution in [0, 0.1) is 22.7 Å². The van der Waals surface area contributed by atoms with Crippen molar-refractivity contribution in [2.24, 2.45) is 0 Å². The number of fused-ring (bicyclic) bond motifs is 2. The highest BCUT2D eigenvalue weighted by Crippen LogP contribution is 2.34. The third-order valence-corrected chi connectivity index (χ3v) is 8.92. The van der Waals surface area contributed by atoms with E-state index in [9.17, 15) is 0 Å². The number of nitriles is 2. The van der Waals surface area contributed by atoms with Crippen LogP contribution < -0.4 is 22.1 Å². The number of pyridine rings is 2. The van der Waals surface area contributed by atoms with E-state index in [1.807, 2.05) is 22.9 Å². The van der Waals surface area contributed by atoms with Gasteiger partial charge in [0.2, 0.25) is 0 Å². The van der Waals surface area contributed by atoms with Gasteiger partial charge < -0.3 is 31.6 Å². The van der Waals surface area contributed by atoms with Crippen LogP contribution in [-0.4, -0.2) is 47.5 Å². The number of hydrogen-bond acceptors (Lipinski definition) is 12. The Balaban J connectivity index is 0.000000161. The maximum Gasteiger partial charge on any atom is 0.0832 e. The van der Waals surface area contributed by atoms with E-state index in [1.54, 1.807) is 35.1 Å². The molecule has 0 spiro atoms. The molecule has 2 aliphatic heterocycles. The molecular weight excluding hydrogens is 544 g/mol. The summed E-state index contributed by atoms with van der Waals surface area (Å²) >= 11 is 3.27. The number of rotatable bonds is 6. The summed E-state index contributed by atoms with van der Waals surface area (Å²) in [4.78, 5) is 8.62. The van der Waals surface area contributed by atoms with Gasteiger partial charge in [-0.05, 0) is 48.6 Å². The van der Waals surface area contributed by atoms with Crippen LogP contribution in [0.3, 0.4) is 0 Å². The summed E-state index contributed by atoms with van der Waals surface area (Å²) in [5.74, 6) is 0. The Morgan fingerprint density at radius 1 is 0.775 bits per heavy atom. The molecule has 40 heavy (non-hydrogen) atoms. The molecule has 2 fully saturated rings. The summed E-state index contributed by atoms with van der Waals surface area (Å²) in [6, 6.07) is 8.77. The quantitative estimate of drug-likeness (QED) is 0.230. The summed E-state index contributed by atoms with van der Waals surface area (Å²) in [6.07, 6.45) is 8.27. The third-order valence-electron chi connectivity index (χ3n) is 7.08. The molecule has 10 nitrogen and oxygen atoms in total. The molecule has 0 aliphatic carbocycles. The number of nitrogens with one attached hydrogen (secondary N) is 2. The number of nitrogens with zero attached hydrogens (tertiary/aromatic N) is 4. The monoisotopic (exact) mass is 576 g/mol. The number of aromatic nitrogens is 2. The van der Waals surface area contributed by atoms with Crippen LogP contribution in [0.25, 0.3) is 20.4 Å². The van der Waals surface area contributed by atoms with Crippen LogP contribution in [0.1, 0.15) is 38.5 Å². The molecule has 6 rings (SSSR count). The third kappa shape index (κ3) is 6.54. The Labute approximate surface area is 240 Å². The number of nitrogen functional groups attached to an aromatic ring is 2. The minimum atomic E-state index is 0.0783. The molecule has 6 heterocycles. The Bertz CT molecular complexity index is 1390. The average Bonchev–Trinajstić information content (AvgIpc) is 3.65. The predicted octanol–water partition coefficient (Wildman–Crippen LogP) is 5.50. The number of hydrogen-bond donors (Lipinski definition) is 4. The van der Waals surface area contributed by atoms with Crippen LogP contribution in [0.2, 0.25) is 0 Å². The largest absolute Gasteiger partial charge is 0.396 e. The summed E-state index contributed by atoms with van der Waals surface area (Å²) in [7, 11) is 0. The topological polar surface area (TPSA) is 168 Å². The lowest BCUT2D eigenvalue weighted by Crippen LogP contribution is -2.34. The molecule has 2 saturated heterocycles. The van der Waals surface area contributed by atoms with Gasteiger partial charge in [0.05, 0.1) is 106 Å². The van der Waals surface area contributed by atoms with Crippen molar-refractivity contribution in [2.75, 3.05) is 35.3 Å². The fraction of sp³-hybridized carbons (Fsp3) is 0.429. The maximum atomic E-state index is 8.68. The molecule has 0 radical (unpaired) electrons. The van der Waals surface area contributed by atoms with E-state index in [0.29, 0.717) is 37.4 Å². The van der Waals surface area contributed by atoms with Gasteiger partial charge in [-0.2, -0.15) is 10.5 Å². The fourth-order valence-electron chi connectivity index (χ4n) is 4.92. The van der Waals surface area contributed by atoms with E-state index in [0.717, 1.165) is 57.5 Å². The lowest BCUT2D eigenvalue weighted by atomic mass is 10.0. The highest BCUT2D eigenvalue weighted by molar-refractivity contribution is 7.18. The molecule has 4 aromatic heterocycles. The lowest BCUT2D eigenvalue weighted by molar-refractivity contribution is 0.0126. The van der Waals surface area contributed by atoms with E-state index in [-0.39, 0.29) is 24.3 Å². The molecule has 0 bridgehead atoms. The van der Waals surface area contributed by atoms with E-state index in [2.05, 4.69) is 32.7 Å². The van der Waals surface area contributed by atoms with Crippen molar-refractivity contribution in [3.05, 3.63) is 35.3 Å². The van der Waals surface area contributed by atoms with E-state index < -0.39 is 0 Å². The summed E-state index contributed by atoms with van der Waals surface area (Å²) in [5.41, 5.74) is 17.2. The molecule has 12 heteroatoms. The number of thiophene rings is 2. The van der Waals surface area contributed by atoms with Crippen molar-refractivity contribution in [1.29, 1.82) is 10.5 Å². The zero-order chi connectivity index (χ0) is 27.9. The molecule has 0 amide bonds. The molecule has 0 unspecified atom stereocenters. The van der Waals surface area contributed by atoms with Crippen LogP contribution in [-0.2, 0) is 9.47 Å².